The average Bonchev–Trinajstić information content (AvgIpc) is 2.67. The summed E-state index contributed by atoms with van der Waals surface area (Å²) in [5.41, 5.74) is 1.12. The minimum Gasteiger partial charge on any atom is -0.481 e. The van der Waals surface area contributed by atoms with Crippen LogP contribution in [0.3, 0.4) is 0 Å². The maximum absolute atomic E-state index is 9.22. The zero-order chi connectivity index (χ0) is 11.5. The third-order valence-electron chi connectivity index (χ3n) is 2.75. The summed E-state index contributed by atoms with van der Waals surface area (Å²) >= 11 is 0. The summed E-state index contributed by atoms with van der Waals surface area (Å²) in [5, 5.41) is 9.22. The molecule has 0 aromatic carbocycles. The molecule has 0 bridgehead atoms. The summed E-state index contributed by atoms with van der Waals surface area (Å²) in [6, 6.07) is 3.84. The van der Waals surface area contributed by atoms with Crippen molar-refractivity contribution in [1.29, 1.82) is 0 Å². The number of aliphatic hydroxyl groups is 1. The monoisotopic (exact) mass is 223 g/mol. The van der Waals surface area contributed by atoms with Crippen molar-refractivity contribution in [2.45, 2.75) is 38.4 Å². The molecule has 4 nitrogen and oxygen atoms in total. The van der Waals surface area contributed by atoms with Crippen molar-refractivity contribution in [2.24, 2.45) is 0 Å². The summed E-state index contributed by atoms with van der Waals surface area (Å²) in [6.45, 7) is 1.80. The molecular weight excluding hydrogens is 206 g/mol. The molecule has 0 spiro atoms. The van der Waals surface area contributed by atoms with Gasteiger partial charge in [0.2, 0.25) is 11.8 Å². The first kappa shape index (κ1) is 11.2. The first-order chi connectivity index (χ1) is 7.69. The number of hydrogen-bond acceptors (Lipinski definition) is 4. The van der Waals surface area contributed by atoms with Crippen LogP contribution in [0.4, 0.5) is 0 Å². The number of ether oxygens (including phenoxy) is 2. The molecular formula is C12H17NO3. The maximum Gasteiger partial charge on any atom is 0.220 e. The van der Waals surface area contributed by atoms with Crippen LogP contribution in [0.2, 0.25) is 0 Å². The number of hydrogen-bond donors (Lipinski definition) is 1. The molecule has 1 aliphatic rings. The molecule has 1 aromatic rings. The third-order valence-corrected chi connectivity index (χ3v) is 2.75. The van der Waals surface area contributed by atoms with E-state index >= 15 is 0 Å². The lowest BCUT2D eigenvalue weighted by Crippen LogP contribution is -2.15. The second kappa shape index (κ2) is 4.70. The molecule has 0 fully saturated rings. The Hall–Kier alpha value is -1.29. The van der Waals surface area contributed by atoms with Gasteiger partial charge in [0, 0.05) is 18.1 Å². The van der Waals surface area contributed by atoms with Gasteiger partial charge < -0.3 is 14.6 Å². The van der Waals surface area contributed by atoms with Gasteiger partial charge in [-0.25, -0.2) is 0 Å². The highest BCUT2D eigenvalue weighted by atomic mass is 16.5. The largest absolute Gasteiger partial charge is 0.481 e. The molecule has 0 unspecified atom stereocenters. The first-order valence-electron chi connectivity index (χ1n) is 5.57. The van der Waals surface area contributed by atoms with Gasteiger partial charge in [0.05, 0.1) is 13.2 Å². The van der Waals surface area contributed by atoms with Crippen LogP contribution in [0.5, 0.6) is 11.8 Å². The third kappa shape index (κ3) is 2.44. The Morgan fingerprint density at radius 1 is 1.62 bits per heavy atom. The van der Waals surface area contributed by atoms with Crippen molar-refractivity contribution in [2.75, 3.05) is 7.11 Å². The van der Waals surface area contributed by atoms with Crippen LogP contribution in [0.25, 0.3) is 0 Å². The summed E-state index contributed by atoms with van der Waals surface area (Å²) < 4.78 is 10.7. The molecule has 1 aliphatic heterocycles. The fraction of sp³-hybridized carbons (Fsp3) is 0.583. The Morgan fingerprint density at radius 3 is 3.12 bits per heavy atom. The van der Waals surface area contributed by atoms with Crippen molar-refractivity contribution < 1.29 is 14.6 Å². The minimum atomic E-state index is -0.269. The van der Waals surface area contributed by atoms with E-state index in [1.807, 2.05) is 12.1 Å². The van der Waals surface area contributed by atoms with Gasteiger partial charge in [-0.2, -0.15) is 4.98 Å². The molecule has 88 valence electrons. The van der Waals surface area contributed by atoms with Gasteiger partial charge in [0.25, 0.3) is 0 Å². The Balaban J connectivity index is 1.98. The lowest BCUT2D eigenvalue weighted by molar-refractivity contribution is 0.146. The van der Waals surface area contributed by atoms with Crippen LogP contribution in [0, 0.1) is 0 Å². The smallest absolute Gasteiger partial charge is 0.220 e. The molecule has 2 rings (SSSR count). The Kier molecular flexibility index (Phi) is 3.29. The highest BCUT2D eigenvalue weighted by Gasteiger charge is 2.24. The maximum atomic E-state index is 9.22. The van der Waals surface area contributed by atoms with E-state index in [2.05, 4.69) is 4.98 Å². The van der Waals surface area contributed by atoms with Crippen molar-refractivity contribution >= 4 is 0 Å². The summed E-state index contributed by atoms with van der Waals surface area (Å²) in [5.74, 6) is 1.25. The van der Waals surface area contributed by atoms with Crippen LogP contribution in [-0.2, 0) is 6.42 Å². The molecule has 0 saturated heterocycles. The van der Waals surface area contributed by atoms with E-state index in [1.165, 1.54) is 0 Å². The second-order valence-electron chi connectivity index (χ2n) is 4.19. The highest BCUT2D eigenvalue weighted by molar-refractivity contribution is 5.34. The van der Waals surface area contributed by atoms with Gasteiger partial charge in [0.15, 0.2) is 0 Å². The Labute approximate surface area is 95.2 Å². The van der Waals surface area contributed by atoms with Gasteiger partial charge >= 0.3 is 0 Å². The number of fused-ring (bicyclic) bond motifs is 1. The molecule has 0 aliphatic carbocycles. The summed E-state index contributed by atoms with van der Waals surface area (Å²) in [4.78, 5) is 4.24. The SMILES string of the molecule is COc1ccc2c(n1)O[C@@H](CC[C@H](C)O)C2. The molecule has 1 aromatic heterocycles. The number of nitrogens with zero attached hydrogens (tertiary/aromatic N) is 1. The van der Waals surface area contributed by atoms with E-state index in [9.17, 15) is 5.11 Å². The Morgan fingerprint density at radius 2 is 2.44 bits per heavy atom. The molecule has 2 atom stereocenters. The van der Waals surface area contributed by atoms with E-state index < -0.39 is 0 Å². The fourth-order valence-corrected chi connectivity index (χ4v) is 1.86. The molecule has 4 heteroatoms. The fourth-order valence-electron chi connectivity index (χ4n) is 1.86. The van der Waals surface area contributed by atoms with E-state index in [-0.39, 0.29) is 12.2 Å². The number of methoxy groups -OCH3 is 1. The Bertz CT molecular complexity index is 365. The normalized spacial score (nSPS) is 20.1. The summed E-state index contributed by atoms with van der Waals surface area (Å²) in [7, 11) is 1.59. The number of aliphatic hydroxyl groups excluding tert-OH is 1. The van der Waals surface area contributed by atoms with Gasteiger partial charge in [-0.3, -0.25) is 0 Å². The molecule has 16 heavy (non-hydrogen) atoms. The zero-order valence-corrected chi connectivity index (χ0v) is 9.64. The topological polar surface area (TPSA) is 51.6 Å². The van der Waals surface area contributed by atoms with E-state index in [0.29, 0.717) is 11.8 Å². The van der Waals surface area contributed by atoms with E-state index in [4.69, 9.17) is 9.47 Å². The van der Waals surface area contributed by atoms with Crippen molar-refractivity contribution in [3.8, 4) is 11.8 Å². The van der Waals surface area contributed by atoms with Gasteiger partial charge in [0.1, 0.15) is 6.10 Å². The predicted octanol–water partition coefficient (Wildman–Crippen LogP) is 1.55. The molecule has 0 amide bonds. The van der Waals surface area contributed by atoms with E-state index in [1.54, 1.807) is 14.0 Å². The lowest BCUT2D eigenvalue weighted by atomic mass is 10.1. The predicted molar refractivity (Wildman–Crippen MR) is 59.8 cm³/mol. The zero-order valence-electron chi connectivity index (χ0n) is 9.64. The van der Waals surface area contributed by atoms with Gasteiger partial charge in [-0.05, 0) is 25.8 Å². The average molecular weight is 223 g/mol. The number of pyridine rings is 1. The molecule has 1 N–H and O–H groups in total. The van der Waals surface area contributed by atoms with Crippen LogP contribution >= 0.6 is 0 Å². The van der Waals surface area contributed by atoms with Crippen molar-refractivity contribution in [3.63, 3.8) is 0 Å². The number of rotatable bonds is 4. The van der Waals surface area contributed by atoms with E-state index in [0.717, 1.165) is 24.8 Å². The van der Waals surface area contributed by atoms with Crippen LogP contribution in [0.15, 0.2) is 12.1 Å². The number of aromatic nitrogens is 1. The first-order valence-corrected chi connectivity index (χ1v) is 5.57. The van der Waals surface area contributed by atoms with Crippen LogP contribution < -0.4 is 9.47 Å². The highest BCUT2D eigenvalue weighted by Crippen LogP contribution is 2.30. The van der Waals surface area contributed by atoms with Crippen molar-refractivity contribution in [3.05, 3.63) is 17.7 Å². The molecule has 0 radical (unpaired) electrons. The minimum absolute atomic E-state index is 0.143. The van der Waals surface area contributed by atoms with Gasteiger partial charge in [-0.15, -0.1) is 0 Å². The van der Waals surface area contributed by atoms with Crippen LogP contribution in [-0.4, -0.2) is 29.4 Å². The van der Waals surface area contributed by atoms with Crippen LogP contribution in [0.1, 0.15) is 25.3 Å². The van der Waals surface area contributed by atoms with Crippen molar-refractivity contribution in [1.82, 2.24) is 4.98 Å². The van der Waals surface area contributed by atoms with Gasteiger partial charge in [-0.1, -0.05) is 0 Å². The summed E-state index contributed by atoms with van der Waals surface area (Å²) in [6.07, 6.45) is 2.37. The quantitative estimate of drug-likeness (QED) is 0.841. The second-order valence-corrected chi connectivity index (χ2v) is 4.19. The molecule has 2 heterocycles. The standard InChI is InChI=1S/C12H17NO3/c1-8(14)3-5-10-7-9-4-6-11(15-2)13-12(9)16-10/h4,6,8,10,14H,3,5,7H2,1-2H3/t8-,10-/m0/s1. The lowest BCUT2D eigenvalue weighted by Gasteiger charge is -2.10. The molecule has 0 saturated carbocycles.